The first kappa shape index (κ1) is 20.2. The molecule has 0 radical (unpaired) electrons. The molecule has 5 nitrogen and oxygen atoms in total. The zero-order valence-corrected chi connectivity index (χ0v) is 17.7. The van der Waals surface area contributed by atoms with Crippen molar-refractivity contribution in [2.24, 2.45) is 5.92 Å². The third-order valence-corrected chi connectivity index (χ3v) is 6.06. The Morgan fingerprint density at radius 2 is 1.91 bits per heavy atom. The number of nitrogens with one attached hydrogen (secondary N) is 1. The second-order valence-corrected chi connectivity index (χ2v) is 8.34. The number of ether oxygens (including phenoxy) is 1. The van der Waals surface area contributed by atoms with Gasteiger partial charge in [0, 0.05) is 23.2 Å². The maximum atomic E-state index is 14.8. The van der Waals surface area contributed by atoms with Crippen LogP contribution in [0.25, 0.3) is 28.3 Å². The molecule has 1 fully saturated rings. The van der Waals surface area contributed by atoms with E-state index in [-0.39, 0.29) is 11.7 Å². The number of benzene rings is 2. The summed E-state index contributed by atoms with van der Waals surface area (Å²) in [6.45, 7) is 5.19. The first-order valence-corrected chi connectivity index (χ1v) is 10.8. The average molecular weight is 429 g/mol. The molecule has 1 saturated carbocycles. The molecule has 2 heterocycles. The molecule has 0 atom stereocenters. The van der Waals surface area contributed by atoms with Crippen LogP contribution in [-0.2, 0) is 6.42 Å². The number of nitrogens with zero attached hydrogens (tertiary/aromatic N) is 1. The quantitative estimate of drug-likeness (QED) is 0.549. The number of halogens is 1. The Kier molecular flexibility index (Phi) is 5.13. The van der Waals surface area contributed by atoms with Crippen LogP contribution in [0.4, 0.5) is 10.2 Å². The fourth-order valence-electron chi connectivity index (χ4n) is 4.04. The summed E-state index contributed by atoms with van der Waals surface area (Å²) < 4.78 is 20.6. The van der Waals surface area contributed by atoms with Gasteiger partial charge in [-0.25, -0.2) is 4.98 Å². The van der Waals surface area contributed by atoms with Crippen LogP contribution in [0, 0.1) is 11.9 Å². The number of rotatable bonds is 6. The van der Waals surface area contributed by atoms with Crippen molar-refractivity contribution in [3.63, 3.8) is 0 Å². The summed E-state index contributed by atoms with van der Waals surface area (Å²) in [4.78, 5) is 16.2. The molecule has 1 aliphatic heterocycles. The molecule has 2 aromatic carbocycles. The number of nitrogens with two attached hydrogens (primary N) is 1. The van der Waals surface area contributed by atoms with Gasteiger partial charge in [0.15, 0.2) is 0 Å². The molecule has 5 rings (SSSR count). The highest BCUT2D eigenvalue weighted by molar-refractivity contribution is 5.99. The lowest BCUT2D eigenvalue weighted by molar-refractivity contribution is 0.0946. The van der Waals surface area contributed by atoms with Gasteiger partial charge in [0.1, 0.15) is 11.6 Å². The fraction of sp³-hybridized carbons (Fsp3) is 0.231. The minimum absolute atomic E-state index is 0.0962. The van der Waals surface area contributed by atoms with E-state index in [1.54, 1.807) is 18.2 Å². The van der Waals surface area contributed by atoms with E-state index in [4.69, 9.17) is 10.5 Å². The monoisotopic (exact) mass is 429 g/mol. The maximum Gasteiger partial charge on any atom is 0.251 e. The highest BCUT2D eigenvalue weighted by Gasteiger charge is 2.23. The standard InChI is InChI=1S/C26H24FN3O2/c1-2-16-11-22-18(9-10-29-26(22)31)12-20(16)23-13-21(24(27)30-25(23)28)17-5-7-19(8-6-17)32-14-15-3-4-15/h2,5-8,11-13,15H,1,3-4,9-10,14H2,(H2,28,30)(H,29,31). The van der Waals surface area contributed by atoms with Gasteiger partial charge in [0.2, 0.25) is 5.95 Å². The molecule has 162 valence electrons. The van der Waals surface area contributed by atoms with Gasteiger partial charge in [-0.3, -0.25) is 4.79 Å². The van der Waals surface area contributed by atoms with Crippen LogP contribution >= 0.6 is 0 Å². The zero-order valence-electron chi connectivity index (χ0n) is 17.7. The second-order valence-electron chi connectivity index (χ2n) is 8.34. The molecule has 0 saturated heterocycles. The highest BCUT2D eigenvalue weighted by atomic mass is 19.1. The van der Waals surface area contributed by atoms with Crippen LogP contribution in [0.5, 0.6) is 5.75 Å². The second kappa shape index (κ2) is 8.11. The van der Waals surface area contributed by atoms with Crippen molar-refractivity contribution in [3.05, 3.63) is 71.7 Å². The van der Waals surface area contributed by atoms with Crippen molar-refractivity contribution in [1.82, 2.24) is 10.3 Å². The summed E-state index contributed by atoms with van der Waals surface area (Å²) in [5.41, 5.74) is 10.9. The summed E-state index contributed by atoms with van der Waals surface area (Å²) in [7, 11) is 0. The van der Waals surface area contributed by atoms with Gasteiger partial charge in [0.25, 0.3) is 5.91 Å². The molecular weight excluding hydrogens is 405 g/mol. The van der Waals surface area contributed by atoms with E-state index < -0.39 is 5.95 Å². The summed E-state index contributed by atoms with van der Waals surface area (Å²) in [6, 6.07) is 12.8. The number of amides is 1. The molecule has 0 bridgehead atoms. The molecule has 1 aliphatic carbocycles. The van der Waals surface area contributed by atoms with Crippen LogP contribution in [0.1, 0.15) is 34.3 Å². The summed E-state index contributed by atoms with van der Waals surface area (Å²) in [5, 5.41) is 2.85. The Morgan fingerprint density at radius 1 is 1.12 bits per heavy atom. The molecule has 6 heteroatoms. The van der Waals surface area contributed by atoms with Crippen LogP contribution < -0.4 is 15.8 Å². The van der Waals surface area contributed by atoms with Gasteiger partial charge in [-0.15, -0.1) is 0 Å². The van der Waals surface area contributed by atoms with Crippen LogP contribution in [0.15, 0.2) is 49.0 Å². The van der Waals surface area contributed by atoms with Crippen molar-refractivity contribution in [2.45, 2.75) is 19.3 Å². The van der Waals surface area contributed by atoms with Crippen molar-refractivity contribution in [2.75, 3.05) is 18.9 Å². The van der Waals surface area contributed by atoms with Gasteiger partial charge >= 0.3 is 0 Å². The molecule has 32 heavy (non-hydrogen) atoms. The SMILES string of the molecule is C=Cc1cc2c(cc1-c1cc(-c3ccc(OCC4CC4)cc3)c(F)nc1N)CCNC2=O. The Bertz CT molecular complexity index is 1220. The average Bonchev–Trinajstić information content (AvgIpc) is 3.62. The smallest absolute Gasteiger partial charge is 0.251 e. The zero-order chi connectivity index (χ0) is 22.2. The van der Waals surface area contributed by atoms with Gasteiger partial charge in [0.05, 0.1) is 6.61 Å². The van der Waals surface area contributed by atoms with Crippen molar-refractivity contribution in [3.8, 4) is 28.0 Å². The first-order valence-electron chi connectivity index (χ1n) is 10.8. The van der Waals surface area contributed by atoms with E-state index in [0.29, 0.717) is 34.7 Å². The summed E-state index contributed by atoms with van der Waals surface area (Å²) >= 11 is 0. The molecule has 0 unspecified atom stereocenters. The maximum absolute atomic E-state index is 14.8. The van der Waals surface area contributed by atoms with Crippen molar-refractivity contribution < 1.29 is 13.9 Å². The summed E-state index contributed by atoms with van der Waals surface area (Å²) in [6.07, 6.45) is 4.84. The molecule has 1 aromatic heterocycles. The number of hydrogen-bond donors (Lipinski definition) is 2. The van der Waals surface area contributed by atoms with Gasteiger partial charge < -0.3 is 15.8 Å². The predicted molar refractivity (Wildman–Crippen MR) is 124 cm³/mol. The Balaban J connectivity index is 1.54. The largest absolute Gasteiger partial charge is 0.493 e. The molecule has 3 aromatic rings. The third kappa shape index (κ3) is 3.84. The third-order valence-electron chi connectivity index (χ3n) is 6.06. The van der Waals surface area contributed by atoms with E-state index >= 15 is 0 Å². The molecule has 1 amide bonds. The number of fused-ring (bicyclic) bond motifs is 1. The number of hydrogen-bond acceptors (Lipinski definition) is 4. The predicted octanol–water partition coefficient (Wildman–Crippen LogP) is 4.85. The lowest BCUT2D eigenvalue weighted by Gasteiger charge is -2.20. The van der Waals surface area contributed by atoms with E-state index in [1.165, 1.54) is 12.8 Å². The van der Waals surface area contributed by atoms with E-state index in [1.807, 2.05) is 30.3 Å². The van der Waals surface area contributed by atoms with Crippen LogP contribution in [0.3, 0.4) is 0 Å². The Labute approximate surface area is 186 Å². The minimum Gasteiger partial charge on any atom is -0.493 e. The van der Waals surface area contributed by atoms with Crippen molar-refractivity contribution >= 4 is 17.8 Å². The van der Waals surface area contributed by atoms with Crippen molar-refractivity contribution in [1.29, 1.82) is 0 Å². The van der Waals surface area contributed by atoms with E-state index in [9.17, 15) is 9.18 Å². The molecule has 3 N–H and O–H groups in total. The molecule has 0 spiro atoms. The summed E-state index contributed by atoms with van der Waals surface area (Å²) in [5.74, 6) is 0.800. The molecule has 2 aliphatic rings. The minimum atomic E-state index is -0.629. The van der Waals surface area contributed by atoms with Crippen LogP contribution in [0.2, 0.25) is 0 Å². The Hall–Kier alpha value is -3.67. The fourth-order valence-corrected chi connectivity index (χ4v) is 4.04. The topological polar surface area (TPSA) is 77.2 Å². The lowest BCUT2D eigenvalue weighted by atomic mass is 9.90. The first-order chi connectivity index (χ1) is 15.5. The molecular formula is C26H24FN3O2. The van der Waals surface area contributed by atoms with Gasteiger partial charge in [-0.2, -0.15) is 4.39 Å². The van der Waals surface area contributed by atoms with Gasteiger partial charge in [-0.1, -0.05) is 24.8 Å². The van der Waals surface area contributed by atoms with Crippen LogP contribution in [-0.4, -0.2) is 24.0 Å². The van der Waals surface area contributed by atoms with E-state index in [0.717, 1.165) is 35.5 Å². The number of aromatic nitrogens is 1. The number of carbonyl (C=O) groups excluding carboxylic acids is 1. The number of pyridine rings is 1. The highest BCUT2D eigenvalue weighted by Crippen LogP contribution is 2.36. The number of carbonyl (C=O) groups is 1. The Morgan fingerprint density at radius 3 is 2.62 bits per heavy atom. The number of anilines is 1. The normalized spacial score (nSPS) is 15.1. The van der Waals surface area contributed by atoms with E-state index in [2.05, 4.69) is 16.9 Å². The number of nitrogen functional groups attached to an aromatic ring is 1. The van der Waals surface area contributed by atoms with Gasteiger partial charge in [-0.05, 0) is 77.8 Å². The lowest BCUT2D eigenvalue weighted by Crippen LogP contribution is -2.31.